The number of pyridine rings is 2. The number of imidazole rings is 1. The van der Waals surface area contributed by atoms with Gasteiger partial charge in [-0.3, -0.25) is 9.20 Å². The summed E-state index contributed by atoms with van der Waals surface area (Å²) >= 11 is 0. The van der Waals surface area contributed by atoms with Crippen molar-refractivity contribution >= 4 is 28.6 Å². The van der Waals surface area contributed by atoms with Gasteiger partial charge in [0.1, 0.15) is 17.0 Å². The molecule has 1 aromatic carbocycles. The Hall–Kier alpha value is -4.66. The number of carbonyl (C=O) groups excluding carboxylic acids is 1. The minimum atomic E-state index is -1.00. The zero-order chi connectivity index (χ0) is 27.7. The van der Waals surface area contributed by atoms with Crippen LogP contribution in [0.5, 0.6) is 5.88 Å². The minimum Gasteiger partial charge on any atom is -0.482 e. The van der Waals surface area contributed by atoms with E-state index in [-0.39, 0.29) is 11.5 Å². The van der Waals surface area contributed by atoms with Crippen LogP contribution >= 0.6 is 0 Å². The van der Waals surface area contributed by atoms with Crippen molar-refractivity contribution in [2.75, 3.05) is 7.11 Å². The third-order valence-electron chi connectivity index (χ3n) is 6.98. The zero-order valence-electron chi connectivity index (χ0n) is 22.2. The molecule has 39 heavy (non-hydrogen) atoms. The molecule has 1 saturated carbocycles. The van der Waals surface area contributed by atoms with Gasteiger partial charge in [0.2, 0.25) is 5.91 Å². The lowest BCUT2D eigenvalue weighted by Crippen LogP contribution is -2.09. The van der Waals surface area contributed by atoms with Crippen molar-refractivity contribution in [3.8, 4) is 17.3 Å². The van der Waals surface area contributed by atoms with Crippen LogP contribution in [0.25, 0.3) is 28.1 Å². The average molecular weight is 526 g/mol. The van der Waals surface area contributed by atoms with E-state index >= 15 is 0 Å². The number of hydrogen-bond donors (Lipinski definition) is 2. The molecule has 0 aliphatic heterocycles. The topological polar surface area (TPSA) is 125 Å². The number of nitrogens with two attached hydrogens (primary N) is 1. The number of carboxylic acid groups (broad SMARTS) is 1. The van der Waals surface area contributed by atoms with Crippen LogP contribution in [0.2, 0.25) is 0 Å². The molecule has 4 heterocycles. The van der Waals surface area contributed by atoms with Gasteiger partial charge in [-0.05, 0) is 68.5 Å². The van der Waals surface area contributed by atoms with Gasteiger partial charge in [-0.15, -0.1) is 0 Å². The van der Waals surface area contributed by atoms with E-state index in [1.165, 1.54) is 18.9 Å². The highest BCUT2D eigenvalue weighted by atomic mass is 16.5. The van der Waals surface area contributed by atoms with E-state index in [0.717, 1.165) is 46.8 Å². The summed E-state index contributed by atoms with van der Waals surface area (Å²) in [4.78, 5) is 31.7. The molecule has 1 aliphatic carbocycles. The molecule has 0 spiro atoms. The van der Waals surface area contributed by atoms with Crippen LogP contribution in [-0.2, 0) is 13.0 Å². The summed E-state index contributed by atoms with van der Waals surface area (Å²) in [6.07, 6.45) is 3.38. The molecule has 4 aromatic heterocycles. The predicted octanol–water partition coefficient (Wildman–Crippen LogP) is 5.12. The third-order valence-corrected chi connectivity index (χ3v) is 6.98. The standard InChI is InChI=1S/C23H24N4O3.C7H7NO/c1-4-17-8-7-15-9-18(26(22(15)24-17)12-14-5-6-14)21-13(2)27-19(25-21)10-16(23(28)29)11-20(27)30-3;8-7(9)6-4-2-1-3-5-6/h7-11,14H,4-6,12H2,1-3H3,(H,28,29);1-5H,(H2,8,9). The van der Waals surface area contributed by atoms with E-state index < -0.39 is 5.97 Å². The maximum absolute atomic E-state index is 11.5. The van der Waals surface area contributed by atoms with Gasteiger partial charge in [-0.1, -0.05) is 25.1 Å². The molecule has 1 amide bonds. The molecule has 0 radical (unpaired) electrons. The number of aryl methyl sites for hydroxylation is 2. The fraction of sp³-hybridized carbons (Fsp3) is 0.267. The molecule has 9 nitrogen and oxygen atoms in total. The monoisotopic (exact) mass is 525 g/mol. The first-order valence-corrected chi connectivity index (χ1v) is 13.0. The Kier molecular flexibility index (Phi) is 7.06. The van der Waals surface area contributed by atoms with E-state index in [4.69, 9.17) is 20.4 Å². The molecule has 6 rings (SSSR count). The number of amides is 1. The van der Waals surface area contributed by atoms with Crippen molar-refractivity contribution in [3.05, 3.63) is 83.2 Å². The van der Waals surface area contributed by atoms with Crippen LogP contribution in [-0.4, -0.2) is 43.0 Å². The molecule has 200 valence electrons. The predicted molar refractivity (Wildman–Crippen MR) is 149 cm³/mol. The Morgan fingerprint density at radius 1 is 1.05 bits per heavy atom. The van der Waals surface area contributed by atoms with Crippen LogP contribution in [0.4, 0.5) is 0 Å². The molecule has 0 bridgehead atoms. The van der Waals surface area contributed by atoms with Crippen molar-refractivity contribution < 1.29 is 19.4 Å². The minimum absolute atomic E-state index is 0.156. The Bertz CT molecular complexity index is 1680. The summed E-state index contributed by atoms with van der Waals surface area (Å²) in [5, 5.41) is 10.5. The van der Waals surface area contributed by atoms with Gasteiger partial charge in [-0.25, -0.2) is 14.8 Å². The van der Waals surface area contributed by atoms with Gasteiger partial charge < -0.3 is 20.1 Å². The lowest BCUT2D eigenvalue weighted by molar-refractivity contribution is 0.0696. The fourth-order valence-corrected chi connectivity index (χ4v) is 4.70. The molecular weight excluding hydrogens is 494 g/mol. The number of methoxy groups -OCH3 is 1. The molecule has 1 aliphatic rings. The van der Waals surface area contributed by atoms with Crippen LogP contribution in [0.3, 0.4) is 0 Å². The number of carboxylic acids is 1. The third kappa shape index (κ3) is 5.20. The summed E-state index contributed by atoms with van der Waals surface area (Å²) in [5.74, 6) is -0.248. The molecular formula is C30H31N5O4. The Balaban J connectivity index is 0.000000292. The van der Waals surface area contributed by atoms with Crippen molar-refractivity contribution in [2.45, 2.75) is 39.7 Å². The highest BCUT2D eigenvalue weighted by Crippen LogP contribution is 2.37. The van der Waals surface area contributed by atoms with Crippen molar-refractivity contribution in [3.63, 3.8) is 0 Å². The first-order valence-electron chi connectivity index (χ1n) is 13.0. The highest BCUT2D eigenvalue weighted by Gasteiger charge is 2.26. The van der Waals surface area contributed by atoms with Gasteiger partial charge in [0.15, 0.2) is 5.88 Å². The van der Waals surface area contributed by atoms with Gasteiger partial charge >= 0.3 is 5.97 Å². The van der Waals surface area contributed by atoms with Crippen molar-refractivity contribution in [1.82, 2.24) is 18.9 Å². The molecule has 1 fully saturated rings. The van der Waals surface area contributed by atoms with Gasteiger partial charge in [0.25, 0.3) is 0 Å². The van der Waals surface area contributed by atoms with E-state index in [1.807, 2.05) is 17.4 Å². The molecule has 0 atom stereocenters. The second kappa shape index (κ2) is 10.6. The number of carbonyl (C=O) groups is 2. The SMILES string of the molecule is CCc1ccc2cc(-c3nc4cc(C(=O)O)cc(OC)n4c3C)n(CC3CC3)c2n1.NC(=O)c1ccccc1. The second-order valence-electron chi connectivity index (χ2n) is 9.71. The Morgan fingerprint density at radius 3 is 2.38 bits per heavy atom. The normalized spacial score (nSPS) is 12.8. The van der Waals surface area contributed by atoms with Crippen molar-refractivity contribution in [2.24, 2.45) is 11.7 Å². The van der Waals surface area contributed by atoms with Crippen LogP contribution in [0.1, 0.15) is 51.9 Å². The number of aromatic nitrogens is 4. The van der Waals surface area contributed by atoms with Crippen LogP contribution in [0, 0.1) is 12.8 Å². The highest BCUT2D eigenvalue weighted by molar-refractivity contribution is 5.92. The molecule has 9 heteroatoms. The molecule has 3 N–H and O–H groups in total. The number of benzene rings is 1. The zero-order valence-corrected chi connectivity index (χ0v) is 22.2. The summed E-state index contributed by atoms with van der Waals surface area (Å²) in [6, 6.07) is 18.2. The summed E-state index contributed by atoms with van der Waals surface area (Å²) < 4.78 is 9.63. The summed E-state index contributed by atoms with van der Waals surface area (Å²) in [5.41, 5.74) is 11.1. The number of nitrogens with zero attached hydrogens (tertiary/aromatic N) is 4. The summed E-state index contributed by atoms with van der Waals surface area (Å²) in [6.45, 7) is 5.02. The van der Waals surface area contributed by atoms with Gasteiger partial charge in [0, 0.05) is 29.3 Å². The lowest BCUT2D eigenvalue weighted by atomic mass is 10.2. The second-order valence-corrected chi connectivity index (χ2v) is 9.71. The maximum Gasteiger partial charge on any atom is 0.336 e. The first-order chi connectivity index (χ1) is 18.8. The molecule has 5 aromatic rings. The lowest BCUT2D eigenvalue weighted by Gasteiger charge is -2.10. The maximum atomic E-state index is 11.5. The number of hydrogen-bond acceptors (Lipinski definition) is 5. The first kappa shape index (κ1) is 26.0. The average Bonchev–Trinajstić information content (AvgIpc) is 3.62. The molecule has 0 unspecified atom stereocenters. The fourth-order valence-electron chi connectivity index (χ4n) is 4.70. The largest absolute Gasteiger partial charge is 0.482 e. The van der Waals surface area contributed by atoms with E-state index in [1.54, 1.807) is 37.4 Å². The molecule has 0 saturated heterocycles. The van der Waals surface area contributed by atoms with Crippen LogP contribution < -0.4 is 10.5 Å². The van der Waals surface area contributed by atoms with E-state index in [0.29, 0.717) is 23.0 Å². The van der Waals surface area contributed by atoms with Gasteiger partial charge in [-0.2, -0.15) is 0 Å². The smallest absolute Gasteiger partial charge is 0.336 e. The Labute approximate surface area is 225 Å². The Morgan fingerprint density at radius 2 is 1.79 bits per heavy atom. The van der Waals surface area contributed by atoms with E-state index in [2.05, 4.69) is 29.7 Å². The number of rotatable bonds is 7. The number of primary amides is 1. The summed E-state index contributed by atoms with van der Waals surface area (Å²) in [7, 11) is 1.54. The van der Waals surface area contributed by atoms with Gasteiger partial charge in [0.05, 0.1) is 24.1 Å². The van der Waals surface area contributed by atoms with Crippen LogP contribution in [0.15, 0.2) is 60.7 Å². The number of ether oxygens (including phenoxy) is 1. The van der Waals surface area contributed by atoms with E-state index in [9.17, 15) is 14.7 Å². The number of aromatic carboxylic acids is 1. The number of fused-ring (bicyclic) bond motifs is 2. The quantitative estimate of drug-likeness (QED) is 0.304. The van der Waals surface area contributed by atoms with Crippen molar-refractivity contribution in [1.29, 1.82) is 0 Å².